The first-order valence-corrected chi connectivity index (χ1v) is 13.7. The lowest BCUT2D eigenvalue weighted by Crippen LogP contribution is -2.20. The highest BCUT2D eigenvalue weighted by molar-refractivity contribution is 7.21. The van der Waals surface area contributed by atoms with E-state index in [1.54, 1.807) is 11.3 Å². The van der Waals surface area contributed by atoms with Crippen molar-refractivity contribution < 1.29 is 14.3 Å². The third kappa shape index (κ3) is 6.75. The number of rotatable bonds is 10. The van der Waals surface area contributed by atoms with E-state index in [9.17, 15) is 4.79 Å². The Hall–Kier alpha value is -4.36. The molecule has 0 spiro atoms. The van der Waals surface area contributed by atoms with Crippen molar-refractivity contribution in [2.75, 3.05) is 23.8 Å². The summed E-state index contributed by atoms with van der Waals surface area (Å²) in [6.45, 7) is 7.04. The van der Waals surface area contributed by atoms with Gasteiger partial charge >= 0.3 is 0 Å². The quantitative estimate of drug-likeness (QED) is 0.192. The van der Waals surface area contributed by atoms with E-state index in [4.69, 9.17) is 14.5 Å². The molecular weight excluding hydrogens is 506 g/mol. The molecule has 0 unspecified atom stereocenters. The van der Waals surface area contributed by atoms with E-state index in [2.05, 4.69) is 60.0 Å². The number of aromatic nitrogens is 1. The molecule has 39 heavy (non-hydrogen) atoms. The Labute approximate surface area is 232 Å². The molecule has 0 radical (unpaired) electrons. The second kappa shape index (κ2) is 12.0. The highest BCUT2D eigenvalue weighted by atomic mass is 32.1. The molecule has 5 aromatic rings. The van der Waals surface area contributed by atoms with Crippen molar-refractivity contribution in [3.63, 3.8) is 0 Å². The predicted molar refractivity (Wildman–Crippen MR) is 160 cm³/mol. The van der Waals surface area contributed by atoms with Gasteiger partial charge in [-0.25, -0.2) is 4.98 Å². The van der Waals surface area contributed by atoms with Crippen molar-refractivity contribution in [3.05, 3.63) is 102 Å². The van der Waals surface area contributed by atoms with Gasteiger partial charge in [0, 0.05) is 23.5 Å². The van der Waals surface area contributed by atoms with Crippen LogP contribution in [0.5, 0.6) is 11.5 Å². The van der Waals surface area contributed by atoms with Gasteiger partial charge in [-0.3, -0.25) is 4.79 Å². The van der Waals surface area contributed by atoms with Gasteiger partial charge in [0.05, 0.1) is 16.8 Å². The molecule has 7 heteroatoms. The number of benzene rings is 4. The molecule has 0 aliphatic heterocycles. The molecule has 0 saturated heterocycles. The summed E-state index contributed by atoms with van der Waals surface area (Å²) in [7, 11) is 0. The van der Waals surface area contributed by atoms with Gasteiger partial charge in [0.1, 0.15) is 5.01 Å². The van der Waals surface area contributed by atoms with Gasteiger partial charge in [0.2, 0.25) is 0 Å². The Morgan fingerprint density at radius 1 is 0.821 bits per heavy atom. The van der Waals surface area contributed by atoms with E-state index >= 15 is 0 Å². The van der Waals surface area contributed by atoms with Crippen LogP contribution < -0.4 is 20.1 Å². The van der Waals surface area contributed by atoms with Crippen molar-refractivity contribution in [1.29, 1.82) is 0 Å². The van der Waals surface area contributed by atoms with Crippen LogP contribution >= 0.6 is 11.3 Å². The van der Waals surface area contributed by atoms with Crippen LogP contribution in [0.15, 0.2) is 84.9 Å². The Bertz CT molecular complexity index is 1580. The van der Waals surface area contributed by atoms with Crippen LogP contribution in [0, 0.1) is 13.8 Å². The molecule has 4 aromatic carbocycles. The fourth-order valence-corrected chi connectivity index (χ4v) is 5.19. The number of aryl methyl sites for hydroxylation is 2. The smallest absolute Gasteiger partial charge is 0.262 e. The van der Waals surface area contributed by atoms with Gasteiger partial charge in [-0.2, -0.15) is 0 Å². The molecule has 0 atom stereocenters. The lowest BCUT2D eigenvalue weighted by Gasteiger charge is -2.14. The predicted octanol–water partition coefficient (Wildman–Crippen LogP) is 7.61. The van der Waals surface area contributed by atoms with Crippen LogP contribution in [0.25, 0.3) is 20.8 Å². The standard InChI is InChI=1S/C32H31N3O3S/c1-4-37-29-18-23(8-16-28(29)38-20-31(36)34-26-11-5-21(2)6-12-26)19-33-25-13-9-24(10-14-25)32-35-27-15-7-22(3)17-30(27)39-32/h5-18,33H,4,19-20H2,1-3H3,(H,34,36). The summed E-state index contributed by atoms with van der Waals surface area (Å²) in [6.07, 6.45) is 0. The summed E-state index contributed by atoms with van der Waals surface area (Å²) in [6, 6.07) is 28.1. The summed E-state index contributed by atoms with van der Waals surface area (Å²) < 4.78 is 12.8. The summed E-state index contributed by atoms with van der Waals surface area (Å²) in [5, 5.41) is 7.33. The van der Waals surface area contributed by atoms with E-state index in [0.717, 1.165) is 38.6 Å². The second-order valence-electron chi connectivity index (χ2n) is 9.34. The molecular formula is C32H31N3O3S. The lowest BCUT2D eigenvalue weighted by molar-refractivity contribution is -0.118. The van der Waals surface area contributed by atoms with Crippen LogP contribution in [0.3, 0.4) is 0 Å². The van der Waals surface area contributed by atoms with E-state index in [1.165, 1.54) is 10.3 Å². The number of carbonyl (C=O) groups excluding carboxylic acids is 1. The van der Waals surface area contributed by atoms with Crippen LogP contribution in [-0.4, -0.2) is 24.1 Å². The maximum Gasteiger partial charge on any atom is 0.262 e. The Morgan fingerprint density at radius 3 is 2.33 bits per heavy atom. The van der Waals surface area contributed by atoms with Gasteiger partial charge in [-0.15, -0.1) is 11.3 Å². The van der Waals surface area contributed by atoms with E-state index in [0.29, 0.717) is 24.7 Å². The summed E-state index contributed by atoms with van der Waals surface area (Å²) in [5.41, 5.74) is 7.31. The van der Waals surface area contributed by atoms with Crippen molar-refractivity contribution >= 4 is 38.8 Å². The maximum atomic E-state index is 12.3. The Balaban J connectivity index is 1.19. The first kappa shape index (κ1) is 26.3. The fourth-order valence-electron chi connectivity index (χ4n) is 4.12. The zero-order valence-corrected chi connectivity index (χ0v) is 23.1. The average molecular weight is 538 g/mol. The van der Waals surface area contributed by atoms with Crippen molar-refractivity contribution in [2.45, 2.75) is 27.3 Å². The number of hydrogen-bond donors (Lipinski definition) is 2. The third-order valence-corrected chi connectivity index (χ3v) is 7.24. The first-order valence-electron chi connectivity index (χ1n) is 12.9. The molecule has 5 rings (SSSR count). The molecule has 198 valence electrons. The molecule has 6 nitrogen and oxygen atoms in total. The highest BCUT2D eigenvalue weighted by Crippen LogP contribution is 2.32. The van der Waals surface area contributed by atoms with Crippen molar-refractivity contribution in [3.8, 4) is 22.1 Å². The highest BCUT2D eigenvalue weighted by Gasteiger charge is 2.11. The lowest BCUT2D eigenvalue weighted by atomic mass is 10.1. The number of amides is 1. The maximum absolute atomic E-state index is 12.3. The number of carbonyl (C=O) groups is 1. The van der Waals surface area contributed by atoms with Crippen LogP contribution in [0.2, 0.25) is 0 Å². The SMILES string of the molecule is CCOc1cc(CNc2ccc(-c3nc4ccc(C)cc4s3)cc2)ccc1OCC(=O)Nc1ccc(C)cc1. The fraction of sp³-hybridized carbons (Fsp3) is 0.188. The van der Waals surface area contributed by atoms with E-state index in [-0.39, 0.29) is 12.5 Å². The minimum absolute atomic E-state index is 0.105. The van der Waals surface area contributed by atoms with Gasteiger partial charge in [0.25, 0.3) is 5.91 Å². The first-order chi connectivity index (χ1) is 19.0. The molecule has 1 amide bonds. The zero-order chi connectivity index (χ0) is 27.2. The molecule has 0 aliphatic carbocycles. The van der Waals surface area contributed by atoms with Crippen LogP contribution in [0.4, 0.5) is 11.4 Å². The number of thiazole rings is 1. The van der Waals surface area contributed by atoms with Crippen LogP contribution in [0.1, 0.15) is 23.6 Å². The number of nitrogens with zero attached hydrogens (tertiary/aromatic N) is 1. The zero-order valence-electron chi connectivity index (χ0n) is 22.3. The van der Waals surface area contributed by atoms with Crippen molar-refractivity contribution in [2.24, 2.45) is 0 Å². The summed E-state index contributed by atoms with van der Waals surface area (Å²) >= 11 is 1.71. The van der Waals surface area contributed by atoms with Gasteiger partial charge in [-0.1, -0.05) is 29.8 Å². The van der Waals surface area contributed by atoms with E-state index in [1.807, 2.05) is 56.3 Å². The molecule has 2 N–H and O–H groups in total. The number of ether oxygens (including phenoxy) is 2. The minimum Gasteiger partial charge on any atom is -0.490 e. The molecule has 0 saturated carbocycles. The van der Waals surface area contributed by atoms with Crippen molar-refractivity contribution in [1.82, 2.24) is 4.98 Å². The van der Waals surface area contributed by atoms with Gasteiger partial charge in [-0.05, 0) is 92.6 Å². The molecule has 0 fully saturated rings. The third-order valence-electron chi connectivity index (χ3n) is 6.17. The number of nitrogens with one attached hydrogen (secondary N) is 2. The van der Waals surface area contributed by atoms with Gasteiger partial charge in [0.15, 0.2) is 18.1 Å². The molecule has 0 aliphatic rings. The largest absolute Gasteiger partial charge is 0.490 e. The Kier molecular flexibility index (Phi) is 8.08. The topological polar surface area (TPSA) is 72.5 Å². The second-order valence-corrected chi connectivity index (χ2v) is 10.4. The molecule has 1 aromatic heterocycles. The molecule has 1 heterocycles. The number of hydrogen-bond acceptors (Lipinski definition) is 6. The monoisotopic (exact) mass is 537 g/mol. The number of fused-ring (bicyclic) bond motifs is 1. The summed E-state index contributed by atoms with van der Waals surface area (Å²) in [4.78, 5) is 17.1. The molecule has 0 bridgehead atoms. The summed E-state index contributed by atoms with van der Waals surface area (Å²) in [5.74, 6) is 0.924. The number of anilines is 2. The van der Waals surface area contributed by atoms with Crippen LogP contribution in [-0.2, 0) is 11.3 Å². The normalized spacial score (nSPS) is 10.8. The average Bonchev–Trinajstić information content (AvgIpc) is 3.36. The van der Waals surface area contributed by atoms with Gasteiger partial charge < -0.3 is 20.1 Å². The van der Waals surface area contributed by atoms with E-state index < -0.39 is 0 Å². The minimum atomic E-state index is -0.226. The Morgan fingerprint density at radius 2 is 1.56 bits per heavy atom.